The van der Waals surface area contributed by atoms with E-state index >= 15 is 0 Å². The van der Waals surface area contributed by atoms with Crippen molar-refractivity contribution in [3.8, 4) is 5.88 Å². The summed E-state index contributed by atoms with van der Waals surface area (Å²) >= 11 is 1.69. The maximum atomic E-state index is 12.4. The minimum absolute atomic E-state index is 0.0847. The molecule has 3 fully saturated rings. The van der Waals surface area contributed by atoms with Crippen LogP contribution >= 0.6 is 11.8 Å². The van der Waals surface area contributed by atoms with Gasteiger partial charge in [0.2, 0.25) is 5.88 Å². The van der Waals surface area contributed by atoms with E-state index in [-0.39, 0.29) is 11.7 Å². The van der Waals surface area contributed by atoms with Crippen molar-refractivity contribution in [2.24, 2.45) is 17.8 Å². The van der Waals surface area contributed by atoms with Crippen LogP contribution in [0.15, 0.2) is 23.2 Å². The molecule has 5 nitrogen and oxygen atoms in total. The molecule has 1 amide bonds. The first-order valence-corrected chi connectivity index (χ1v) is 12.0. The Morgan fingerprint density at radius 2 is 2.11 bits per heavy atom. The summed E-state index contributed by atoms with van der Waals surface area (Å²) in [4.78, 5) is 19.8. The number of hydrogen-bond acceptors (Lipinski definition) is 5. The molecule has 2 heterocycles. The zero-order valence-corrected chi connectivity index (χ0v) is 17.9. The van der Waals surface area contributed by atoms with E-state index < -0.39 is 0 Å². The number of carbonyl (C=O) groups excluding carboxylic acids is 1. The Labute approximate surface area is 172 Å². The SMILES string of the molecule is CCC1(OC(=O)N2CCC(C3CC3CCOc3ccc(SC)cn3)CC2)CC1. The first kappa shape index (κ1) is 19.9. The average Bonchev–Trinajstić information content (AvgIpc) is 3.65. The van der Waals surface area contributed by atoms with E-state index in [4.69, 9.17) is 9.47 Å². The summed E-state index contributed by atoms with van der Waals surface area (Å²) in [7, 11) is 0. The topological polar surface area (TPSA) is 51.7 Å². The van der Waals surface area contributed by atoms with Gasteiger partial charge in [-0.25, -0.2) is 9.78 Å². The molecule has 4 rings (SSSR count). The highest BCUT2D eigenvalue weighted by Crippen LogP contribution is 2.50. The van der Waals surface area contributed by atoms with Crippen LogP contribution in [0.25, 0.3) is 0 Å². The van der Waals surface area contributed by atoms with Gasteiger partial charge >= 0.3 is 6.09 Å². The molecule has 1 aromatic rings. The van der Waals surface area contributed by atoms with Crippen LogP contribution in [-0.4, -0.2) is 47.5 Å². The standard InChI is InChI=1S/C22H32N2O3S/c1-3-22(9-10-22)27-21(25)24-11-6-16(7-12-24)19-14-17(19)8-13-26-20-5-4-18(28-2)15-23-20/h4-5,15-17,19H,3,6-14H2,1-2H3. The van der Waals surface area contributed by atoms with Gasteiger partial charge in [0.1, 0.15) is 5.60 Å². The van der Waals surface area contributed by atoms with Crippen molar-refractivity contribution in [3.05, 3.63) is 18.3 Å². The molecule has 0 radical (unpaired) electrons. The number of piperidine rings is 1. The third kappa shape index (κ3) is 4.76. The quantitative estimate of drug-likeness (QED) is 0.571. The number of pyridine rings is 1. The molecule has 0 bridgehead atoms. The minimum Gasteiger partial charge on any atom is -0.478 e. The predicted octanol–water partition coefficient (Wildman–Crippen LogP) is 5.00. The lowest BCUT2D eigenvalue weighted by Gasteiger charge is -2.32. The Balaban J connectivity index is 1.13. The summed E-state index contributed by atoms with van der Waals surface area (Å²) in [6.45, 7) is 4.57. The largest absolute Gasteiger partial charge is 0.478 e. The summed E-state index contributed by atoms with van der Waals surface area (Å²) < 4.78 is 11.6. The van der Waals surface area contributed by atoms with E-state index in [0.29, 0.717) is 0 Å². The Morgan fingerprint density at radius 1 is 1.32 bits per heavy atom. The lowest BCUT2D eigenvalue weighted by atomic mass is 9.91. The molecular weight excluding hydrogens is 372 g/mol. The number of hydrogen-bond donors (Lipinski definition) is 0. The average molecular weight is 405 g/mol. The fourth-order valence-electron chi connectivity index (χ4n) is 4.50. The number of thioether (sulfide) groups is 1. The Hall–Kier alpha value is -1.43. The van der Waals surface area contributed by atoms with Crippen molar-refractivity contribution in [1.82, 2.24) is 9.88 Å². The molecule has 28 heavy (non-hydrogen) atoms. The van der Waals surface area contributed by atoms with E-state index in [1.807, 2.05) is 23.4 Å². The van der Waals surface area contributed by atoms with Crippen molar-refractivity contribution in [1.29, 1.82) is 0 Å². The molecule has 0 aromatic carbocycles. The van der Waals surface area contributed by atoms with Crippen molar-refractivity contribution >= 4 is 17.9 Å². The second kappa shape index (κ2) is 8.52. The Kier molecular flexibility index (Phi) is 6.04. The van der Waals surface area contributed by atoms with Gasteiger partial charge in [0.05, 0.1) is 6.61 Å². The smallest absolute Gasteiger partial charge is 0.410 e. The third-order valence-electron chi connectivity index (χ3n) is 6.82. The number of likely N-dealkylation sites (tertiary alicyclic amines) is 1. The van der Waals surface area contributed by atoms with Crippen molar-refractivity contribution in [2.45, 2.75) is 62.4 Å². The molecule has 1 saturated heterocycles. The summed E-state index contributed by atoms with van der Waals surface area (Å²) in [5.74, 6) is 3.08. The minimum atomic E-state index is -0.125. The number of rotatable bonds is 8. The van der Waals surface area contributed by atoms with Crippen LogP contribution in [0.1, 0.15) is 51.9 Å². The van der Waals surface area contributed by atoms with Gasteiger partial charge in [-0.05, 0) is 75.0 Å². The molecule has 1 aromatic heterocycles. The summed E-state index contributed by atoms with van der Waals surface area (Å²) in [6, 6.07) is 4.01. The number of amides is 1. The predicted molar refractivity (Wildman–Crippen MR) is 111 cm³/mol. The lowest BCUT2D eigenvalue weighted by Crippen LogP contribution is -2.41. The van der Waals surface area contributed by atoms with Crippen LogP contribution in [0.4, 0.5) is 4.79 Å². The van der Waals surface area contributed by atoms with Crippen molar-refractivity contribution in [3.63, 3.8) is 0 Å². The first-order chi connectivity index (χ1) is 13.6. The van der Waals surface area contributed by atoms with Crippen LogP contribution in [0, 0.1) is 17.8 Å². The normalized spacial score (nSPS) is 26.0. The van der Waals surface area contributed by atoms with Crippen LogP contribution < -0.4 is 4.74 Å². The zero-order valence-electron chi connectivity index (χ0n) is 17.1. The molecule has 154 valence electrons. The second-order valence-electron chi connectivity index (χ2n) is 8.56. The third-order valence-corrected chi connectivity index (χ3v) is 7.53. The monoisotopic (exact) mass is 404 g/mol. The number of carbonyl (C=O) groups is 1. The maximum Gasteiger partial charge on any atom is 0.410 e. The van der Waals surface area contributed by atoms with Crippen molar-refractivity contribution in [2.75, 3.05) is 26.0 Å². The highest BCUT2D eigenvalue weighted by molar-refractivity contribution is 7.98. The van der Waals surface area contributed by atoms with Gasteiger partial charge in [0.25, 0.3) is 0 Å². The summed E-state index contributed by atoms with van der Waals surface area (Å²) in [6.07, 6.45) is 11.5. The molecule has 2 aliphatic carbocycles. The molecular formula is C22H32N2O3S. The maximum absolute atomic E-state index is 12.4. The van der Waals surface area contributed by atoms with E-state index in [0.717, 1.165) is 86.8 Å². The van der Waals surface area contributed by atoms with Crippen LogP contribution in [0.2, 0.25) is 0 Å². The zero-order chi connectivity index (χ0) is 19.6. The fourth-order valence-corrected chi connectivity index (χ4v) is 4.86. The van der Waals surface area contributed by atoms with Gasteiger partial charge in [-0.1, -0.05) is 6.92 Å². The molecule has 2 saturated carbocycles. The molecule has 0 N–H and O–H groups in total. The van der Waals surface area contributed by atoms with E-state index in [2.05, 4.69) is 18.0 Å². The van der Waals surface area contributed by atoms with E-state index in [9.17, 15) is 4.79 Å². The van der Waals surface area contributed by atoms with Crippen LogP contribution in [0.5, 0.6) is 5.88 Å². The second-order valence-corrected chi connectivity index (χ2v) is 9.44. The van der Waals surface area contributed by atoms with Gasteiger partial charge in [-0.15, -0.1) is 11.8 Å². The van der Waals surface area contributed by atoms with Gasteiger partial charge in [-0.3, -0.25) is 0 Å². The molecule has 0 spiro atoms. The molecule has 2 atom stereocenters. The summed E-state index contributed by atoms with van der Waals surface area (Å²) in [5.41, 5.74) is -0.125. The van der Waals surface area contributed by atoms with Crippen LogP contribution in [0.3, 0.4) is 0 Å². The molecule has 2 unspecified atom stereocenters. The number of aromatic nitrogens is 1. The van der Waals surface area contributed by atoms with Gasteiger partial charge in [-0.2, -0.15) is 0 Å². The summed E-state index contributed by atoms with van der Waals surface area (Å²) in [5, 5.41) is 0. The van der Waals surface area contributed by atoms with Crippen molar-refractivity contribution < 1.29 is 14.3 Å². The molecule has 1 aliphatic heterocycles. The molecule has 6 heteroatoms. The van der Waals surface area contributed by atoms with Gasteiger partial charge < -0.3 is 14.4 Å². The molecule has 3 aliphatic rings. The van der Waals surface area contributed by atoms with Gasteiger partial charge in [0.15, 0.2) is 0 Å². The lowest BCUT2D eigenvalue weighted by molar-refractivity contribution is 0.0381. The first-order valence-electron chi connectivity index (χ1n) is 10.7. The number of ether oxygens (including phenoxy) is 2. The van der Waals surface area contributed by atoms with E-state index in [1.165, 1.54) is 6.42 Å². The Morgan fingerprint density at radius 3 is 2.71 bits per heavy atom. The van der Waals surface area contributed by atoms with Crippen LogP contribution in [-0.2, 0) is 4.74 Å². The number of nitrogens with zero attached hydrogens (tertiary/aromatic N) is 2. The van der Waals surface area contributed by atoms with Gasteiger partial charge in [0, 0.05) is 30.2 Å². The fraction of sp³-hybridized carbons (Fsp3) is 0.727. The highest BCUT2D eigenvalue weighted by Gasteiger charge is 2.47. The Bertz CT molecular complexity index is 669. The van der Waals surface area contributed by atoms with E-state index in [1.54, 1.807) is 11.8 Å². The highest BCUT2D eigenvalue weighted by atomic mass is 32.2.